The molecule has 4 heteroatoms. The minimum absolute atomic E-state index is 0.0819. The van der Waals surface area contributed by atoms with Gasteiger partial charge in [0, 0.05) is 20.1 Å². The molecule has 0 bridgehead atoms. The summed E-state index contributed by atoms with van der Waals surface area (Å²) in [7, 11) is 1.63. The summed E-state index contributed by atoms with van der Waals surface area (Å²) in [6.07, 6.45) is 0. The van der Waals surface area contributed by atoms with Gasteiger partial charge in [-0.05, 0) is 13.8 Å². The second kappa shape index (κ2) is 5.42. The van der Waals surface area contributed by atoms with Crippen LogP contribution in [-0.4, -0.2) is 42.5 Å². The Kier molecular flexibility index (Phi) is 4.86. The molecule has 0 N–H and O–H groups in total. The zero-order chi connectivity index (χ0) is 9.56. The third-order valence-corrected chi connectivity index (χ3v) is 1.67. The highest BCUT2D eigenvalue weighted by atomic mass is 16.2. The number of rotatable bonds is 3. The van der Waals surface area contributed by atoms with E-state index in [1.165, 1.54) is 4.90 Å². The molecule has 0 fully saturated rings. The third-order valence-electron chi connectivity index (χ3n) is 1.67. The number of carbonyl (C=O) groups is 1. The Morgan fingerprint density at radius 3 is 2.25 bits per heavy atom. The number of nitrogens with zero attached hydrogens (tertiary/aromatic N) is 3. The van der Waals surface area contributed by atoms with Crippen molar-refractivity contribution in [3.63, 3.8) is 0 Å². The average molecular weight is 169 g/mol. The van der Waals surface area contributed by atoms with Crippen LogP contribution >= 0.6 is 0 Å². The highest BCUT2D eigenvalue weighted by molar-refractivity contribution is 5.74. The van der Waals surface area contributed by atoms with Crippen LogP contribution in [0.15, 0.2) is 0 Å². The van der Waals surface area contributed by atoms with E-state index in [0.717, 1.165) is 0 Å². The van der Waals surface area contributed by atoms with Gasteiger partial charge in [0.2, 0.25) is 0 Å². The van der Waals surface area contributed by atoms with Gasteiger partial charge in [0.25, 0.3) is 0 Å². The lowest BCUT2D eigenvalue weighted by atomic mass is 10.5. The molecule has 0 radical (unpaired) electrons. The highest BCUT2D eigenvalue weighted by Gasteiger charge is 2.13. The maximum atomic E-state index is 11.4. The summed E-state index contributed by atoms with van der Waals surface area (Å²) in [6, 6.07) is 1.85. The summed E-state index contributed by atoms with van der Waals surface area (Å²) in [5.41, 5.74) is 0. The van der Waals surface area contributed by atoms with Crippen LogP contribution in [-0.2, 0) is 0 Å². The second-order valence-electron chi connectivity index (χ2n) is 2.47. The predicted molar refractivity (Wildman–Crippen MR) is 46.6 cm³/mol. The third kappa shape index (κ3) is 2.79. The van der Waals surface area contributed by atoms with Crippen LogP contribution in [0.2, 0.25) is 0 Å². The molecule has 0 aromatic heterocycles. The van der Waals surface area contributed by atoms with E-state index < -0.39 is 0 Å². The van der Waals surface area contributed by atoms with Gasteiger partial charge >= 0.3 is 6.03 Å². The molecule has 2 amide bonds. The van der Waals surface area contributed by atoms with Gasteiger partial charge in [0.1, 0.15) is 6.54 Å². The Balaban J connectivity index is 4.08. The minimum Gasteiger partial charge on any atom is -0.325 e. The molecule has 0 unspecified atom stereocenters. The van der Waals surface area contributed by atoms with E-state index in [-0.39, 0.29) is 12.6 Å². The van der Waals surface area contributed by atoms with Crippen LogP contribution in [0.3, 0.4) is 0 Å². The lowest BCUT2D eigenvalue weighted by molar-refractivity contribution is 0.172. The Morgan fingerprint density at radius 1 is 1.42 bits per heavy atom. The summed E-state index contributed by atoms with van der Waals surface area (Å²) in [4.78, 5) is 14.5. The van der Waals surface area contributed by atoms with Crippen molar-refractivity contribution >= 4 is 6.03 Å². The van der Waals surface area contributed by atoms with Crippen LogP contribution in [0.5, 0.6) is 0 Å². The summed E-state index contributed by atoms with van der Waals surface area (Å²) in [6.45, 7) is 5.36. The fourth-order valence-electron chi connectivity index (χ4n) is 0.909. The normalized spacial score (nSPS) is 8.83. The van der Waals surface area contributed by atoms with E-state index in [4.69, 9.17) is 5.26 Å². The monoisotopic (exact) mass is 169 g/mol. The van der Waals surface area contributed by atoms with Crippen LogP contribution < -0.4 is 0 Å². The molecule has 0 aromatic rings. The zero-order valence-electron chi connectivity index (χ0n) is 7.87. The van der Waals surface area contributed by atoms with Gasteiger partial charge < -0.3 is 9.80 Å². The molecule has 0 aliphatic rings. The quantitative estimate of drug-likeness (QED) is 0.589. The van der Waals surface area contributed by atoms with Crippen LogP contribution in [0.4, 0.5) is 4.79 Å². The molecule has 0 aliphatic carbocycles. The van der Waals surface area contributed by atoms with Crippen molar-refractivity contribution < 1.29 is 4.79 Å². The van der Waals surface area contributed by atoms with E-state index >= 15 is 0 Å². The number of carbonyl (C=O) groups excluding carboxylic acids is 1. The first-order valence-electron chi connectivity index (χ1n) is 4.04. The van der Waals surface area contributed by atoms with Gasteiger partial charge in [-0.2, -0.15) is 5.26 Å². The fourth-order valence-corrected chi connectivity index (χ4v) is 0.909. The van der Waals surface area contributed by atoms with Crippen molar-refractivity contribution in [3.05, 3.63) is 0 Å². The first kappa shape index (κ1) is 10.8. The van der Waals surface area contributed by atoms with E-state index in [0.29, 0.717) is 13.1 Å². The Labute approximate surface area is 73.4 Å². The summed E-state index contributed by atoms with van der Waals surface area (Å²) in [5, 5.41) is 8.35. The van der Waals surface area contributed by atoms with E-state index in [1.54, 1.807) is 11.9 Å². The van der Waals surface area contributed by atoms with Crippen molar-refractivity contribution in [2.45, 2.75) is 13.8 Å². The number of amides is 2. The number of hydrogen-bond acceptors (Lipinski definition) is 2. The van der Waals surface area contributed by atoms with Crippen LogP contribution in [0, 0.1) is 11.3 Å². The maximum Gasteiger partial charge on any atom is 0.320 e. The van der Waals surface area contributed by atoms with Crippen molar-refractivity contribution in [2.24, 2.45) is 0 Å². The topological polar surface area (TPSA) is 47.3 Å². The largest absolute Gasteiger partial charge is 0.325 e. The Hall–Kier alpha value is -1.24. The Bertz CT molecular complexity index is 181. The summed E-state index contributed by atoms with van der Waals surface area (Å²) in [5.74, 6) is 0. The summed E-state index contributed by atoms with van der Waals surface area (Å²) >= 11 is 0. The molecule has 0 spiro atoms. The standard InChI is InChI=1S/C8H15N3O/c1-4-11(5-2)8(12)10(3)7-6-9/h4-5,7H2,1-3H3. The van der Waals surface area contributed by atoms with Gasteiger partial charge in [0.05, 0.1) is 6.07 Å². The molecule has 4 nitrogen and oxygen atoms in total. The molecule has 0 atom stereocenters. The average Bonchev–Trinajstić information content (AvgIpc) is 2.07. The van der Waals surface area contributed by atoms with E-state index in [9.17, 15) is 4.79 Å². The molecule has 0 saturated carbocycles. The number of hydrogen-bond donors (Lipinski definition) is 0. The van der Waals surface area contributed by atoms with E-state index in [1.807, 2.05) is 19.9 Å². The number of nitriles is 1. The lowest BCUT2D eigenvalue weighted by Gasteiger charge is -2.24. The molecule has 0 rings (SSSR count). The molecule has 0 aromatic carbocycles. The second-order valence-corrected chi connectivity index (χ2v) is 2.47. The SMILES string of the molecule is CCN(CC)C(=O)N(C)CC#N. The lowest BCUT2D eigenvalue weighted by Crippen LogP contribution is -2.41. The zero-order valence-corrected chi connectivity index (χ0v) is 7.87. The van der Waals surface area contributed by atoms with E-state index in [2.05, 4.69) is 0 Å². The molecule has 0 saturated heterocycles. The van der Waals surface area contributed by atoms with Crippen molar-refractivity contribution in [3.8, 4) is 6.07 Å². The highest BCUT2D eigenvalue weighted by Crippen LogP contribution is 1.94. The number of urea groups is 1. The van der Waals surface area contributed by atoms with Gasteiger partial charge in [-0.25, -0.2) is 4.79 Å². The first-order valence-corrected chi connectivity index (χ1v) is 4.04. The van der Waals surface area contributed by atoms with Crippen molar-refractivity contribution in [2.75, 3.05) is 26.7 Å². The predicted octanol–water partition coefficient (Wildman–Crippen LogP) is 0.904. The molecular formula is C8H15N3O. The molecule has 0 heterocycles. The van der Waals surface area contributed by atoms with Crippen molar-refractivity contribution in [1.29, 1.82) is 5.26 Å². The molecule has 68 valence electrons. The van der Waals surface area contributed by atoms with Gasteiger partial charge in [0.15, 0.2) is 0 Å². The van der Waals surface area contributed by atoms with Gasteiger partial charge in [-0.15, -0.1) is 0 Å². The fraction of sp³-hybridized carbons (Fsp3) is 0.750. The maximum absolute atomic E-state index is 11.4. The van der Waals surface area contributed by atoms with Gasteiger partial charge in [-0.1, -0.05) is 0 Å². The van der Waals surface area contributed by atoms with Crippen LogP contribution in [0.25, 0.3) is 0 Å². The van der Waals surface area contributed by atoms with Gasteiger partial charge in [-0.3, -0.25) is 0 Å². The molecule has 12 heavy (non-hydrogen) atoms. The summed E-state index contributed by atoms with van der Waals surface area (Å²) < 4.78 is 0. The minimum atomic E-state index is -0.0819. The first-order chi connectivity index (χ1) is 5.67. The smallest absolute Gasteiger partial charge is 0.320 e. The van der Waals surface area contributed by atoms with Crippen LogP contribution in [0.1, 0.15) is 13.8 Å². The Morgan fingerprint density at radius 2 is 1.92 bits per heavy atom. The molecular weight excluding hydrogens is 154 g/mol. The molecule has 0 aliphatic heterocycles. The van der Waals surface area contributed by atoms with Crippen molar-refractivity contribution in [1.82, 2.24) is 9.80 Å².